The monoisotopic (exact) mass is 291 g/mol. The lowest BCUT2D eigenvalue weighted by Gasteiger charge is -2.27. The van der Waals surface area contributed by atoms with E-state index in [4.69, 9.17) is 5.73 Å². The summed E-state index contributed by atoms with van der Waals surface area (Å²) >= 11 is 0. The van der Waals surface area contributed by atoms with Crippen LogP contribution in [0.1, 0.15) is 48.9 Å². The van der Waals surface area contributed by atoms with Crippen LogP contribution in [0.15, 0.2) is 18.2 Å². The molecule has 0 atom stereocenters. The highest BCUT2D eigenvalue weighted by Crippen LogP contribution is 2.25. The zero-order chi connectivity index (χ0) is 15.4. The van der Waals surface area contributed by atoms with Crippen LogP contribution in [0.3, 0.4) is 0 Å². The Kier molecular flexibility index (Phi) is 4.77. The Labute approximate surface area is 124 Å². The second kappa shape index (κ2) is 6.56. The largest absolute Gasteiger partial charge is 0.393 e. The summed E-state index contributed by atoms with van der Waals surface area (Å²) in [6, 6.07) is 4.41. The van der Waals surface area contributed by atoms with Crippen molar-refractivity contribution >= 4 is 17.3 Å². The van der Waals surface area contributed by atoms with Crippen molar-refractivity contribution in [3.8, 4) is 0 Å². The fraction of sp³-hybridized carbons (Fsp3) is 0.533. The number of amides is 1. The van der Waals surface area contributed by atoms with Crippen LogP contribution in [0.5, 0.6) is 0 Å². The number of nitro groups is 1. The molecular weight excluding hydrogens is 270 g/mol. The highest BCUT2D eigenvalue weighted by atomic mass is 16.6. The Balaban J connectivity index is 2.15. The second-order valence-corrected chi connectivity index (χ2v) is 5.59. The third kappa shape index (κ3) is 3.51. The average molecular weight is 291 g/mol. The van der Waals surface area contributed by atoms with E-state index in [-0.39, 0.29) is 23.3 Å². The van der Waals surface area contributed by atoms with E-state index in [1.165, 1.54) is 31.0 Å². The minimum Gasteiger partial charge on any atom is -0.393 e. The number of hydrogen-bond donors (Lipinski definition) is 1. The first-order valence-corrected chi connectivity index (χ1v) is 7.32. The number of nitrogens with zero attached hydrogens (tertiary/aromatic N) is 2. The number of hydrogen-bond acceptors (Lipinski definition) is 4. The molecule has 0 bridgehead atoms. The Bertz CT molecular complexity index is 537. The van der Waals surface area contributed by atoms with E-state index >= 15 is 0 Å². The van der Waals surface area contributed by atoms with E-state index in [9.17, 15) is 14.9 Å². The molecule has 1 amide bonds. The van der Waals surface area contributed by atoms with Crippen LogP contribution in [0, 0.1) is 10.1 Å². The summed E-state index contributed by atoms with van der Waals surface area (Å²) in [5.74, 6) is -0.122. The molecule has 1 fully saturated rings. The lowest BCUT2D eigenvalue weighted by atomic mass is 10.1. The van der Waals surface area contributed by atoms with Gasteiger partial charge in [-0.25, -0.2) is 0 Å². The molecule has 6 heteroatoms. The molecule has 2 N–H and O–H groups in total. The first-order chi connectivity index (χ1) is 10.0. The molecule has 0 saturated heterocycles. The Hall–Kier alpha value is -2.11. The summed E-state index contributed by atoms with van der Waals surface area (Å²) in [7, 11) is 1.80. The average Bonchev–Trinajstić information content (AvgIpc) is 2.74. The van der Waals surface area contributed by atoms with Crippen molar-refractivity contribution in [1.82, 2.24) is 4.90 Å². The first-order valence-electron chi connectivity index (χ1n) is 7.32. The summed E-state index contributed by atoms with van der Waals surface area (Å²) in [5, 5.41) is 10.8. The van der Waals surface area contributed by atoms with Crippen molar-refractivity contribution in [3.05, 3.63) is 33.9 Å². The van der Waals surface area contributed by atoms with E-state index in [0.717, 1.165) is 25.7 Å². The van der Waals surface area contributed by atoms with Crippen molar-refractivity contribution in [2.75, 3.05) is 12.8 Å². The molecule has 1 aromatic carbocycles. The third-order valence-corrected chi connectivity index (χ3v) is 4.16. The maximum absolute atomic E-state index is 12.5. The Morgan fingerprint density at radius 3 is 2.43 bits per heavy atom. The molecule has 2 rings (SSSR count). The van der Waals surface area contributed by atoms with Crippen LogP contribution in [-0.2, 0) is 0 Å². The van der Waals surface area contributed by atoms with Gasteiger partial charge in [-0.05, 0) is 25.0 Å². The minimum absolute atomic E-state index is 0.0279. The lowest BCUT2D eigenvalue weighted by Crippen LogP contribution is -2.36. The predicted octanol–water partition coefficient (Wildman–Crippen LogP) is 2.97. The maximum Gasteiger partial charge on any atom is 0.292 e. The SMILES string of the molecule is CN(C(=O)c1ccc([N+](=O)[O-])c(N)c1)C1CCCCCC1. The van der Waals surface area contributed by atoms with Gasteiger partial charge in [-0.3, -0.25) is 14.9 Å². The van der Waals surface area contributed by atoms with Crippen LogP contribution in [-0.4, -0.2) is 28.8 Å². The van der Waals surface area contributed by atoms with E-state index in [1.54, 1.807) is 11.9 Å². The van der Waals surface area contributed by atoms with E-state index in [0.29, 0.717) is 5.56 Å². The van der Waals surface area contributed by atoms with E-state index < -0.39 is 4.92 Å². The van der Waals surface area contributed by atoms with Gasteiger partial charge in [0.1, 0.15) is 5.69 Å². The summed E-state index contributed by atoms with van der Waals surface area (Å²) in [4.78, 5) is 24.5. The second-order valence-electron chi connectivity index (χ2n) is 5.59. The molecule has 0 aliphatic heterocycles. The first kappa shape index (κ1) is 15.3. The van der Waals surface area contributed by atoms with Crippen LogP contribution in [0.4, 0.5) is 11.4 Å². The van der Waals surface area contributed by atoms with Crippen molar-refractivity contribution in [1.29, 1.82) is 0 Å². The Morgan fingerprint density at radius 1 is 1.29 bits per heavy atom. The number of nitro benzene ring substituents is 1. The van der Waals surface area contributed by atoms with Crippen molar-refractivity contribution in [2.24, 2.45) is 0 Å². The Morgan fingerprint density at radius 2 is 1.90 bits per heavy atom. The smallest absolute Gasteiger partial charge is 0.292 e. The fourth-order valence-corrected chi connectivity index (χ4v) is 2.87. The van der Waals surface area contributed by atoms with Crippen LogP contribution in [0.25, 0.3) is 0 Å². The molecule has 1 aliphatic carbocycles. The van der Waals surface area contributed by atoms with E-state index in [1.807, 2.05) is 0 Å². The fourth-order valence-electron chi connectivity index (χ4n) is 2.87. The number of nitrogens with two attached hydrogens (primary N) is 1. The zero-order valence-corrected chi connectivity index (χ0v) is 12.2. The van der Waals surface area contributed by atoms with Gasteiger partial charge in [0.05, 0.1) is 4.92 Å². The standard InChI is InChI=1S/C15H21N3O3/c1-17(12-6-4-2-3-5-7-12)15(19)11-8-9-14(18(20)21)13(16)10-11/h8-10,12H,2-7,16H2,1H3. The number of nitrogen functional groups attached to an aromatic ring is 1. The predicted molar refractivity (Wildman–Crippen MR) is 81.1 cm³/mol. The summed E-state index contributed by atoms with van der Waals surface area (Å²) in [6.45, 7) is 0. The number of rotatable bonds is 3. The van der Waals surface area contributed by atoms with Crippen LogP contribution >= 0.6 is 0 Å². The molecule has 114 valence electrons. The van der Waals surface area contributed by atoms with Gasteiger partial charge in [-0.15, -0.1) is 0 Å². The molecular formula is C15H21N3O3. The van der Waals surface area contributed by atoms with Crippen molar-refractivity contribution in [2.45, 2.75) is 44.6 Å². The topological polar surface area (TPSA) is 89.5 Å². The van der Waals surface area contributed by atoms with Crippen LogP contribution < -0.4 is 5.73 Å². The normalized spacial score (nSPS) is 16.2. The van der Waals surface area contributed by atoms with Gasteiger partial charge in [0.25, 0.3) is 11.6 Å². The summed E-state index contributed by atoms with van der Waals surface area (Å²) in [6.07, 6.45) is 6.77. The molecule has 0 spiro atoms. The number of carbonyl (C=O) groups excluding carboxylic acids is 1. The summed E-state index contributed by atoms with van der Waals surface area (Å²) in [5.41, 5.74) is 5.92. The molecule has 21 heavy (non-hydrogen) atoms. The number of benzene rings is 1. The lowest BCUT2D eigenvalue weighted by molar-refractivity contribution is -0.383. The highest BCUT2D eigenvalue weighted by Gasteiger charge is 2.23. The van der Waals surface area contributed by atoms with Gasteiger partial charge < -0.3 is 10.6 Å². The van der Waals surface area contributed by atoms with E-state index in [2.05, 4.69) is 0 Å². The number of anilines is 1. The molecule has 0 heterocycles. The van der Waals surface area contributed by atoms with Gasteiger partial charge >= 0.3 is 0 Å². The zero-order valence-electron chi connectivity index (χ0n) is 12.2. The van der Waals surface area contributed by atoms with Crippen molar-refractivity contribution in [3.63, 3.8) is 0 Å². The molecule has 0 unspecified atom stereocenters. The highest BCUT2D eigenvalue weighted by molar-refractivity contribution is 5.95. The molecule has 1 aliphatic rings. The van der Waals surface area contributed by atoms with Gasteiger partial charge in [0, 0.05) is 24.7 Å². The molecule has 0 aromatic heterocycles. The van der Waals surface area contributed by atoms with Gasteiger partial charge in [-0.2, -0.15) is 0 Å². The third-order valence-electron chi connectivity index (χ3n) is 4.16. The quantitative estimate of drug-likeness (QED) is 0.401. The molecule has 1 aromatic rings. The number of carbonyl (C=O) groups is 1. The van der Waals surface area contributed by atoms with Crippen molar-refractivity contribution < 1.29 is 9.72 Å². The minimum atomic E-state index is -0.543. The van der Waals surface area contributed by atoms with Gasteiger partial charge in [0.2, 0.25) is 0 Å². The molecule has 6 nitrogen and oxygen atoms in total. The summed E-state index contributed by atoms with van der Waals surface area (Å²) < 4.78 is 0. The van der Waals surface area contributed by atoms with Gasteiger partial charge in [0.15, 0.2) is 0 Å². The molecule has 0 radical (unpaired) electrons. The van der Waals surface area contributed by atoms with Crippen LogP contribution in [0.2, 0.25) is 0 Å². The molecule has 1 saturated carbocycles. The maximum atomic E-state index is 12.5. The van der Waals surface area contributed by atoms with Gasteiger partial charge in [-0.1, -0.05) is 25.7 Å².